The van der Waals surface area contributed by atoms with E-state index < -0.39 is 21.2 Å². The molecule has 3 rings (SSSR count). The van der Waals surface area contributed by atoms with Gasteiger partial charge in [0, 0.05) is 11.6 Å². The molecule has 3 aromatic rings. The van der Waals surface area contributed by atoms with Gasteiger partial charge in [0.05, 0.1) is 11.2 Å². The van der Waals surface area contributed by atoms with E-state index in [0.29, 0.717) is 10.8 Å². The van der Waals surface area contributed by atoms with Crippen LogP contribution in [0.4, 0.5) is 4.79 Å². The van der Waals surface area contributed by atoms with E-state index in [9.17, 15) is 13.2 Å². The van der Waals surface area contributed by atoms with Crippen molar-refractivity contribution >= 4 is 27.5 Å². The quantitative estimate of drug-likeness (QED) is 0.663. The number of furan rings is 1. The molecule has 1 N–H and O–H groups in total. The van der Waals surface area contributed by atoms with Crippen molar-refractivity contribution in [3.63, 3.8) is 0 Å². The van der Waals surface area contributed by atoms with Crippen LogP contribution in [0, 0.1) is 0 Å². The molecular weight excluding hydrogens is 390 g/mol. The molecule has 0 saturated carbocycles. The molecule has 0 saturated heterocycles. The van der Waals surface area contributed by atoms with Crippen molar-refractivity contribution in [2.24, 2.45) is 0 Å². The molecule has 8 heteroatoms. The molecule has 1 amide bonds. The summed E-state index contributed by atoms with van der Waals surface area (Å²) >= 11 is 5.83. The first-order valence-electron chi connectivity index (χ1n) is 8.00. The van der Waals surface area contributed by atoms with Crippen LogP contribution >= 0.6 is 11.6 Å². The molecule has 2 aromatic carbocycles. The van der Waals surface area contributed by atoms with E-state index in [0.717, 1.165) is 0 Å². The number of para-hydroxylation sites is 1. The van der Waals surface area contributed by atoms with Crippen molar-refractivity contribution in [1.82, 2.24) is 5.32 Å². The molecule has 6 nitrogen and oxygen atoms in total. The highest BCUT2D eigenvalue weighted by Gasteiger charge is 2.32. The van der Waals surface area contributed by atoms with Crippen LogP contribution in [-0.4, -0.2) is 21.1 Å². The van der Waals surface area contributed by atoms with Gasteiger partial charge in [0.2, 0.25) is 0 Å². The first-order chi connectivity index (χ1) is 13.0. The summed E-state index contributed by atoms with van der Waals surface area (Å²) < 4.78 is 36.4. The molecule has 27 heavy (non-hydrogen) atoms. The minimum Gasteiger partial charge on any atom is -0.468 e. The highest BCUT2D eigenvalue weighted by molar-refractivity contribution is 7.91. The lowest BCUT2D eigenvalue weighted by atomic mass is 10.3. The highest BCUT2D eigenvalue weighted by atomic mass is 35.5. The van der Waals surface area contributed by atoms with Gasteiger partial charge >= 0.3 is 6.09 Å². The molecule has 0 radical (unpaired) electrons. The van der Waals surface area contributed by atoms with Gasteiger partial charge < -0.3 is 14.5 Å². The van der Waals surface area contributed by atoms with E-state index in [2.05, 4.69) is 5.32 Å². The van der Waals surface area contributed by atoms with Gasteiger partial charge in [-0.3, -0.25) is 0 Å². The topological polar surface area (TPSA) is 85.6 Å². The van der Waals surface area contributed by atoms with Gasteiger partial charge in [-0.2, -0.15) is 0 Å². The number of hydrogen-bond acceptors (Lipinski definition) is 5. The number of rotatable bonds is 6. The number of nitrogens with one attached hydrogen (secondary N) is 1. The number of ether oxygens (including phenoxy) is 1. The Hall–Kier alpha value is -2.77. The zero-order chi connectivity index (χ0) is 19.3. The van der Waals surface area contributed by atoms with E-state index in [1.807, 2.05) is 0 Å². The third-order valence-electron chi connectivity index (χ3n) is 3.76. The Kier molecular flexibility index (Phi) is 5.83. The Bertz CT molecular complexity index is 986. The van der Waals surface area contributed by atoms with Crippen LogP contribution in [0.5, 0.6) is 5.75 Å². The molecule has 0 unspecified atom stereocenters. The normalized spacial score (nSPS) is 12.3. The lowest BCUT2D eigenvalue weighted by Gasteiger charge is -2.16. The first kappa shape index (κ1) is 19.0. The summed E-state index contributed by atoms with van der Waals surface area (Å²) in [6.07, 6.45) is 0.617. The number of hydrogen-bond donors (Lipinski definition) is 1. The van der Waals surface area contributed by atoms with Gasteiger partial charge in [0.15, 0.2) is 9.84 Å². The Labute approximate surface area is 161 Å². The third-order valence-corrected chi connectivity index (χ3v) is 6.09. The van der Waals surface area contributed by atoms with Crippen molar-refractivity contribution in [3.05, 3.63) is 83.8 Å². The van der Waals surface area contributed by atoms with Crippen molar-refractivity contribution in [2.75, 3.05) is 6.54 Å². The SMILES string of the molecule is O=C(NC[C@@H](c1ccco1)S(=O)(=O)c1ccc(Cl)cc1)Oc1ccccc1. The molecule has 0 aliphatic heterocycles. The molecule has 0 fully saturated rings. The maximum absolute atomic E-state index is 13.0. The maximum atomic E-state index is 13.0. The first-order valence-corrected chi connectivity index (χ1v) is 9.93. The Morgan fingerprint density at radius 3 is 2.37 bits per heavy atom. The van der Waals surface area contributed by atoms with Crippen LogP contribution in [0.2, 0.25) is 5.02 Å². The lowest BCUT2D eigenvalue weighted by Crippen LogP contribution is -2.33. The fourth-order valence-corrected chi connectivity index (χ4v) is 4.15. The second-order valence-electron chi connectivity index (χ2n) is 5.59. The smallest absolute Gasteiger partial charge is 0.412 e. The van der Waals surface area contributed by atoms with E-state index in [4.69, 9.17) is 20.8 Å². The minimum absolute atomic E-state index is 0.0755. The van der Waals surface area contributed by atoms with Crippen LogP contribution < -0.4 is 10.1 Å². The number of sulfone groups is 1. The van der Waals surface area contributed by atoms with Gasteiger partial charge in [-0.15, -0.1) is 0 Å². The van der Waals surface area contributed by atoms with Gasteiger partial charge in [-0.25, -0.2) is 13.2 Å². The number of benzene rings is 2. The molecule has 0 spiro atoms. The number of amides is 1. The van der Waals surface area contributed by atoms with E-state index >= 15 is 0 Å². The summed E-state index contributed by atoms with van der Waals surface area (Å²) in [4.78, 5) is 12.1. The molecule has 0 aliphatic rings. The van der Waals surface area contributed by atoms with Crippen molar-refractivity contribution in [2.45, 2.75) is 10.1 Å². The average molecular weight is 406 g/mol. The summed E-state index contributed by atoms with van der Waals surface area (Å²) in [5.41, 5.74) is 0. The van der Waals surface area contributed by atoms with Crippen LogP contribution in [-0.2, 0) is 9.84 Å². The Morgan fingerprint density at radius 1 is 1.04 bits per heavy atom. The Morgan fingerprint density at radius 2 is 1.74 bits per heavy atom. The predicted octanol–water partition coefficient (Wildman–Crippen LogP) is 4.24. The number of carbonyl (C=O) groups excluding carboxylic acids is 1. The van der Waals surface area contributed by atoms with Crippen LogP contribution in [0.3, 0.4) is 0 Å². The van der Waals surface area contributed by atoms with Gasteiger partial charge in [0.25, 0.3) is 0 Å². The van der Waals surface area contributed by atoms with E-state index in [1.54, 1.807) is 42.5 Å². The molecule has 1 atom stereocenters. The highest BCUT2D eigenvalue weighted by Crippen LogP contribution is 2.29. The van der Waals surface area contributed by atoms with Gasteiger partial charge in [0.1, 0.15) is 16.8 Å². The average Bonchev–Trinajstić information content (AvgIpc) is 3.17. The van der Waals surface area contributed by atoms with Crippen molar-refractivity contribution in [1.29, 1.82) is 0 Å². The van der Waals surface area contributed by atoms with Crippen LogP contribution in [0.1, 0.15) is 11.0 Å². The molecule has 1 heterocycles. The van der Waals surface area contributed by atoms with Crippen molar-refractivity contribution in [3.8, 4) is 5.75 Å². The van der Waals surface area contributed by atoms with Gasteiger partial charge in [-0.05, 0) is 48.5 Å². The molecule has 1 aromatic heterocycles. The van der Waals surface area contributed by atoms with Crippen LogP contribution in [0.15, 0.2) is 82.3 Å². The zero-order valence-corrected chi connectivity index (χ0v) is 15.6. The lowest BCUT2D eigenvalue weighted by molar-refractivity contribution is 0.200. The number of halogens is 1. The summed E-state index contributed by atoms with van der Waals surface area (Å²) in [6, 6.07) is 17.4. The summed E-state index contributed by atoms with van der Waals surface area (Å²) in [6.45, 7) is -0.218. The predicted molar refractivity (Wildman–Crippen MR) is 101 cm³/mol. The second kappa shape index (κ2) is 8.28. The minimum atomic E-state index is -3.83. The third kappa shape index (κ3) is 4.69. The molecule has 0 aliphatic carbocycles. The summed E-state index contributed by atoms with van der Waals surface area (Å²) in [5.74, 6) is 0.565. The fourth-order valence-electron chi connectivity index (χ4n) is 2.43. The largest absolute Gasteiger partial charge is 0.468 e. The molecule has 140 valence electrons. The number of carbonyl (C=O) groups is 1. The molecule has 0 bridgehead atoms. The maximum Gasteiger partial charge on any atom is 0.412 e. The monoisotopic (exact) mass is 405 g/mol. The van der Waals surface area contributed by atoms with E-state index in [-0.39, 0.29) is 17.2 Å². The summed E-state index contributed by atoms with van der Waals surface area (Å²) in [7, 11) is -3.83. The summed E-state index contributed by atoms with van der Waals surface area (Å²) in [5, 5.41) is 1.79. The zero-order valence-electron chi connectivity index (χ0n) is 14.0. The van der Waals surface area contributed by atoms with E-state index in [1.165, 1.54) is 30.5 Å². The van der Waals surface area contributed by atoms with Crippen molar-refractivity contribution < 1.29 is 22.4 Å². The molecular formula is C19H16ClNO5S. The standard InChI is InChI=1S/C19H16ClNO5S/c20-14-8-10-16(11-9-14)27(23,24)18(17-7-4-12-25-17)13-21-19(22)26-15-5-2-1-3-6-15/h1-12,18H,13H2,(H,21,22)/t18-/m0/s1. The fraction of sp³-hybridized carbons (Fsp3) is 0.105. The van der Waals surface area contributed by atoms with Crippen LogP contribution in [0.25, 0.3) is 0 Å². The Balaban J connectivity index is 1.78. The van der Waals surface area contributed by atoms with Gasteiger partial charge in [-0.1, -0.05) is 29.8 Å². The second-order valence-corrected chi connectivity index (χ2v) is 8.15.